The van der Waals surface area contributed by atoms with Crippen LogP contribution in [0.1, 0.15) is 13.8 Å². The van der Waals surface area contributed by atoms with Gasteiger partial charge in [0.1, 0.15) is 10.7 Å². The number of methoxy groups -OCH3 is 1. The number of hydrogen-bond acceptors (Lipinski definition) is 5. The van der Waals surface area contributed by atoms with Crippen LogP contribution in [0.15, 0.2) is 23.2 Å². The van der Waals surface area contributed by atoms with E-state index in [2.05, 4.69) is 15.0 Å². The summed E-state index contributed by atoms with van der Waals surface area (Å²) in [5.74, 6) is 0.654. The molecular formula is C11H19N3O3S. The molecule has 0 fully saturated rings. The van der Waals surface area contributed by atoms with E-state index in [1.54, 1.807) is 13.0 Å². The molecule has 102 valence electrons. The molecule has 0 aliphatic rings. The van der Waals surface area contributed by atoms with Crippen LogP contribution in [-0.4, -0.2) is 39.7 Å². The molecule has 1 aromatic rings. The Morgan fingerprint density at radius 3 is 2.67 bits per heavy atom. The minimum atomic E-state index is -3.53. The molecule has 0 aliphatic carbocycles. The third kappa shape index (κ3) is 4.25. The van der Waals surface area contributed by atoms with Gasteiger partial charge in [0.15, 0.2) is 0 Å². The van der Waals surface area contributed by atoms with Gasteiger partial charge in [-0.05, 0) is 26.0 Å². The topological polar surface area (TPSA) is 80.3 Å². The van der Waals surface area contributed by atoms with E-state index in [1.165, 1.54) is 19.4 Å². The molecule has 1 atom stereocenters. The number of pyridine rings is 1. The van der Waals surface area contributed by atoms with Crippen LogP contribution < -0.4 is 10.0 Å². The van der Waals surface area contributed by atoms with Gasteiger partial charge in [-0.3, -0.25) is 0 Å². The summed E-state index contributed by atoms with van der Waals surface area (Å²) in [4.78, 5) is 4.17. The van der Waals surface area contributed by atoms with E-state index in [9.17, 15) is 8.42 Å². The first-order valence-corrected chi connectivity index (χ1v) is 7.19. The Hall–Kier alpha value is -1.18. The fourth-order valence-corrected chi connectivity index (χ4v) is 2.61. The Bertz CT molecular complexity index is 459. The molecule has 1 heterocycles. The van der Waals surface area contributed by atoms with Gasteiger partial charge >= 0.3 is 0 Å². The van der Waals surface area contributed by atoms with Crippen molar-refractivity contribution in [2.75, 3.05) is 25.6 Å². The van der Waals surface area contributed by atoms with E-state index in [0.29, 0.717) is 12.4 Å². The van der Waals surface area contributed by atoms with E-state index in [0.717, 1.165) is 6.54 Å². The van der Waals surface area contributed by atoms with Crippen LogP contribution in [0.4, 0.5) is 5.82 Å². The standard InChI is InChI=1S/C11H19N3O3S/c1-4-12-11-6-5-10(7-13-11)18(15,16)14-9(2)8-17-3/h5-7,9,14H,4,8H2,1-3H3,(H,12,13). The number of nitrogens with zero attached hydrogens (tertiary/aromatic N) is 1. The highest BCUT2D eigenvalue weighted by molar-refractivity contribution is 7.89. The molecule has 0 radical (unpaired) electrons. The molecule has 2 N–H and O–H groups in total. The molecular weight excluding hydrogens is 254 g/mol. The maximum Gasteiger partial charge on any atom is 0.242 e. The molecule has 0 bridgehead atoms. The second-order valence-electron chi connectivity index (χ2n) is 3.89. The Labute approximate surface area is 108 Å². The summed E-state index contributed by atoms with van der Waals surface area (Å²) in [5.41, 5.74) is 0. The molecule has 6 nitrogen and oxygen atoms in total. The number of sulfonamides is 1. The lowest BCUT2D eigenvalue weighted by Gasteiger charge is -2.13. The second-order valence-corrected chi connectivity index (χ2v) is 5.60. The molecule has 1 rings (SSSR count). The van der Waals surface area contributed by atoms with Gasteiger partial charge in [-0.15, -0.1) is 0 Å². The van der Waals surface area contributed by atoms with E-state index >= 15 is 0 Å². The SMILES string of the molecule is CCNc1ccc(S(=O)(=O)NC(C)COC)cn1. The molecule has 0 aromatic carbocycles. The van der Waals surface area contributed by atoms with Gasteiger partial charge in [0.25, 0.3) is 0 Å². The van der Waals surface area contributed by atoms with Gasteiger partial charge in [0.05, 0.1) is 6.61 Å². The number of aromatic nitrogens is 1. The third-order valence-electron chi connectivity index (χ3n) is 2.18. The van der Waals surface area contributed by atoms with Crippen molar-refractivity contribution in [2.45, 2.75) is 24.8 Å². The van der Waals surface area contributed by atoms with Crippen molar-refractivity contribution < 1.29 is 13.2 Å². The largest absolute Gasteiger partial charge is 0.383 e. The third-order valence-corrected chi connectivity index (χ3v) is 3.75. The monoisotopic (exact) mass is 273 g/mol. The Balaban J connectivity index is 2.78. The number of anilines is 1. The molecule has 0 saturated heterocycles. The lowest BCUT2D eigenvalue weighted by molar-refractivity contribution is 0.180. The molecule has 1 aromatic heterocycles. The average molecular weight is 273 g/mol. The molecule has 0 amide bonds. The van der Waals surface area contributed by atoms with Crippen molar-refractivity contribution in [3.8, 4) is 0 Å². The highest BCUT2D eigenvalue weighted by Gasteiger charge is 2.17. The van der Waals surface area contributed by atoms with Crippen molar-refractivity contribution in [3.05, 3.63) is 18.3 Å². The maximum absolute atomic E-state index is 12.0. The van der Waals surface area contributed by atoms with Gasteiger partial charge in [0, 0.05) is 25.9 Å². The van der Waals surface area contributed by atoms with Crippen LogP contribution in [-0.2, 0) is 14.8 Å². The predicted octanol–water partition coefficient (Wildman–Crippen LogP) is 0.827. The first-order chi connectivity index (χ1) is 8.49. The van der Waals surface area contributed by atoms with Crippen molar-refractivity contribution in [2.24, 2.45) is 0 Å². The van der Waals surface area contributed by atoms with Crippen LogP contribution in [0.25, 0.3) is 0 Å². The molecule has 0 saturated carbocycles. The first-order valence-electron chi connectivity index (χ1n) is 5.70. The van der Waals surface area contributed by atoms with Crippen molar-refractivity contribution in [1.29, 1.82) is 0 Å². The number of nitrogens with one attached hydrogen (secondary N) is 2. The van der Waals surface area contributed by atoms with Gasteiger partial charge in [-0.25, -0.2) is 18.1 Å². The summed E-state index contributed by atoms with van der Waals surface area (Å²) in [6.45, 7) is 4.74. The normalized spacial score (nSPS) is 13.3. The number of rotatable bonds is 7. The Morgan fingerprint density at radius 1 is 1.44 bits per heavy atom. The van der Waals surface area contributed by atoms with Crippen LogP contribution in [0.5, 0.6) is 0 Å². The lowest BCUT2D eigenvalue weighted by Crippen LogP contribution is -2.35. The number of hydrogen-bond donors (Lipinski definition) is 2. The van der Waals surface area contributed by atoms with E-state index in [-0.39, 0.29) is 10.9 Å². The second kappa shape index (κ2) is 6.67. The quantitative estimate of drug-likeness (QED) is 0.769. The van der Waals surface area contributed by atoms with Crippen molar-refractivity contribution in [1.82, 2.24) is 9.71 Å². The van der Waals surface area contributed by atoms with Crippen LogP contribution in [0.2, 0.25) is 0 Å². The fraction of sp³-hybridized carbons (Fsp3) is 0.545. The molecule has 18 heavy (non-hydrogen) atoms. The van der Waals surface area contributed by atoms with Crippen LogP contribution in [0, 0.1) is 0 Å². The van der Waals surface area contributed by atoms with Gasteiger partial charge in [-0.2, -0.15) is 0 Å². The summed E-state index contributed by atoms with van der Waals surface area (Å²) in [6, 6.07) is 2.87. The lowest BCUT2D eigenvalue weighted by atomic mass is 10.4. The summed E-state index contributed by atoms with van der Waals surface area (Å²) in [5, 5.41) is 3.00. The molecule has 0 spiro atoms. The highest BCUT2D eigenvalue weighted by Crippen LogP contribution is 2.10. The van der Waals surface area contributed by atoms with Crippen LogP contribution in [0.3, 0.4) is 0 Å². The highest BCUT2D eigenvalue weighted by atomic mass is 32.2. The maximum atomic E-state index is 12.0. The Morgan fingerprint density at radius 2 is 2.17 bits per heavy atom. The molecule has 0 aliphatic heterocycles. The van der Waals surface area contributed by atoms with E-state index in [4.69, 9.17) is 4.74 Å². The summed E-state index contributed by atoms with van der Waals surface area (Å²) >= 11 is 0. The van der Waals surface area contributed by atoms with Crippen LogP contribution >= 0.6 is 0 Å². The van der Waals surface area contributed by atoms with Gasteiger partial charge in [-0.1, -0.05) is 0 Å². The van der Waals surface area contributed by atoms with Crippen molar-refractivity contribution >= 4 is 15.8 Å². The summed E-state index contributed by atoms with van der Waals surface area (Å²) < 4.78 is 31.3. The summed E-state index contributed by atoms with van der Waals surface area (Å²) in [7, 11) is -2.01. The van der Waals surface area contributed by atoms with Crippen molar-refractivity contribution in [3.63, 3.8) is 0 Å². The number of ether oxygens (including phenoxy) is 1. The van der Waals surface area contributed by atoms with Gasteiger partial charge < -0.3 is 10.1 Å². The van der Waals surface area contributed by atoms with E-state index < -0.39 is 10.0 Å². The average Bonchev–Trinajstić information content (AvgIpc) is 2.29. The zero-order valence-corrected chi connectivity index (χ0v) is 11.6. The van der Waals surface area contributed by atoms with E-state index in [1.807, 2.05) is 6.92 Å². The zero-order valence-electron chi connectivity index (χ0n) is 10.8. The first kappa shape index (κ1) is 14.9. The molecule has 7 heteroatoms. The minimum absolute atomic E-state index is 0.145. The Kier molecular flexibility index (Phi) is 5.52. The fourth-order valence-electron chi connectivity index (χ4n) is 1.44. The zero-order chi connectivity index (χ0) is 13.6. The smallest absolute Gasteiger partial charge is 0.242 e. The van der Waals surface area contributed by atoms with Gasteiger partial charge in [0.2, 0.25) is 10.0 Å². The summed E-state index contributed by atoms with van der Waals surface area (Å²) in [6.07, 6.45) is 1.33. The minimum Gasteiger partial charge on any atom is -0.383 e. The molecule has 1 unspecified atom stereocenters. The predicted molar refractivity (Wildman–Crippen MR) is 70.1 cm³/mol.